The predicted molar refractivity (Wildman–Crippen MR) is 94.8 cm³/mol. The molecule has 0 aliphatic rings. The first kappa shape index (κ1) is 16.8. The Bertz CT molecular complexity index is 707. The number of amides is 1. The van der Waals surface area contributed by atoms with E-state index < -0.39 is 0 Å². The van der Waals surface area contributed by atoms with Gasteiger partial charge in [-0.15, -0.1) is 0 Å². The SMILES string of the molecule is O=C(CNc1ccc(Cl)cc1Br)NN=Cc1ccccc1Cl. The van der Waals surface area contributed by atoms with Gasteiger partial charge in [0.1, 0.15) is 0 Å². The number of rotatable bonds is 5. The molecule has 2 aromatic carbocycles. The van der Waals surface area contributed by atoms with Crippen LogP contribution in [-0.4, -0.2) is 18.7 Å². The van der Waals surface area contributed by atoms with E-state index in [1.807, 2.05) is 12.1 Å². The van der Waals surface area contributed by atoms with Crippen molar-refractivity contribution in [1.29, 1.82) is 0 Å². The molecule has 0 aliphatic heterocycles. The molecule has 2 N–H and O–H groups in total. The van der Waals surface area contributed by atoms with Gasteiger partial charge in [-0.3, -0.25) is 4.79 Å². The molecule has 0 aromatic heterocycles. The lowest BCUT2D eigenvalue weighted by atomic mass is 10.2. The first-order chi connectivity index (χ1) is 10.6. The molecule has 1 amide bonds. The Labute approximate surface area is 146 Å². The summed E-state index contributed by atoms with van der Waals surface area (Å²) in [5, 5.41) is 8.04. The number of carbonyl (C=O) groups excluding carboxylic acids is 1. The molecule has 0 spiro atoms. The van der Waals surface area contributed by atoms with Crippen LogP contribution in [0.3, 0.4) is 0 Å². The maximum Gasteiger partial charge on any atom is 0.259 e. The molecule has 0 aliphatic carbocycles. The van der Waals surface area contributed by atoms with Crippen molar-refractivity contribution in [2.45, 2.75) is 0 Å². The Morgan fingerprint density at radius 1 is 1.23 bits per heavy atom. The lowest BCUT2D eigenvalue weighted by molar-refractivity contribution is -0.119. The molecule has 0 unspecified atom stereocenters. The number of benzene rings is 2. The molecular weight excluding hydrogens is 389 g/mol. The molecule has 2 aromatic rings. The standard InChI is InChI=1S/C15H12BrCl2N3O/c16-12-7-11(17)5-6-14(12)19-9-15(22)21-20-8-10-3-1-2-4-13(10)18/h1-8,19H,9H2,(H,21,22). The van der Waals surface area contributed by atoms with Gasteiger partial charge in [-0.1, -0.05) is 41.4 Å². The van der Waals surface area contributed by atoms with E-state index in [1.54, 1.807) is 30.3 Å². The van der Waals surface area contributed by atoms with Crippen LogP contribution in [0, 0.1) is 0 Å². The van der Waals surface area contributed by atoms with E-state index >= 15 is 0 Å². The molecule has 22 heavy (non-hydrogen) atoms. The highest BCUT2D eigenvalue weighted by atomic mass is 79.9. The van der Waals surface area contributed by atoms with Gasteiger partial charge in [0.25, 0.3) is 5.91 Å². The zero-order valence-corrected chi connectivity index (χ0v) is 14.4. The maximum absolute atomic E-state index is 11.7. The zero-order chi connectivity index (χ0) is 15.9. The maximum atomic E-state index is 11.7. The summed E-state index contributed by atoms with van der Waals surface area (Å²) in [5.41, 5.74) is 3.93. The van der Waals surface area contributed by atoms with Crippen LogP contribution in [0.25, 0.3) is 0 Å². The molecule has 0 heterocycles. The van der Waals surface area contributed by atoms with Crippen molar-refractivity contribution in [3.8, 4) is 0 Å². The Morgan fingerprint density at radius 2 is 2.00 bits per heavy atom. The minimum atomic E-state index is -0.273. The van der Waals surface area contributed by atoms with Crippen LogP contribution in [-0.2, 0) is 4.79 Å². The lowest BCUT2D eigenvalue weighted by Gasteiger charge is -2.07. The monoisotopic (exact) mass is 399 g/mol. The fourth-order valence-corrected chi connectivity index (χ4v) is 2.61. The van der Waals surface area contributed by atoms with E-state index in [1.165, 1.54) is 6.21 Å². The average Bonchev–Trinajstić information content (AvgIpc) is 2.48. The van der Waals surface area contributed by atoms with Gasteiger partial charge in [-0.25, -0.2) is 5.43 Å². The van der Waals surface area contributed by atoms with Crippen molar-refractivity contribution in [1.82, 2.24) is 5.43 Å². The van der Waals surface area contributed by atoms with E-state index in [-0.39, 0.29) is 12.5 Å². The van der Waals surface area contributed by atoms with Crippen LogP contribution >= 0.6 is 39.1 Å². The van der Waals surface area contributed by atoms with Crippen LogP contribution in [0.15, 0.2) is 52.0 Å². The Hall–Kier alpha value is -1.56. The summed E-state index contributed by atoms with van der Waals surface area (Å²) in [7, 11) is 0. The summed E-state index contributed by atoms with van der Waals surface area (Å²) in [6.07, 6.45) is 1.50. The smallest absolute Gasteiger partial charge is 0.259 e. The molecule has 0 fully saturated rings. The first-order valence-corrected chi connectivity index (χ1v) is 7.86. The Kier molecular flexibility index (Phi) is 6.24. The van der Waals surface area contributed by atoms with E-state index in [2.05, 4.69) is 31.8 Å². The average molecular weight is 401 g/mol. The number of anilines is 1. The lowest BCUT2D eigenvalue weighted by Crippen LogP contribution is -2.26. The quantitative estimate of drug-likeness (QED) is 0.580. The minimum Gasteiger partial charge on any atom is -0.375 e. The number of hydrogen-bond donors (Lipinski definition) is 2. The predicted octanol–water partition coefficient (Wildman–Crippen LogP) is 4.32. The number of carbonyl (C=O) groups is 1. The summed E-state index contributed by atoms with van der Waals surface area (Å²) >= 11 is 15.2. The second-order valence-electron chi connectivity index (χ2n) is 4.29. The topological polar surface area (TPSA) is 53.5 Å². The summed E-state index contributed by atoms with van der Waals surface area (Å²) < 4.78 is 0.785. The van der Waals surface area contributed by atoms with E-state index in [9.17, 15) is 4.79 Å². The highest BCUT2D eigenvalue weighted by Gasteiger charge is 2.03. The van der Waals surface area contributed by atoms with Gasteiger partial charge in [-0.2, -0.15) is 5.10 Å². The van der Waals surface area contributed by atoms with Crippen molar-refractivity contribution in [2.24, 2.45) is 5.10 Å². The van der Waals surface area contributed by atoms with Crippen molar-refractivity contribution < 1.29 is 4.79 Å². The zero-order valence-electron chi connectivity index (χ0n) is 11.3. The third-order valence-corrected chi connectivity index (χ3v) is 3.90. The van der Waals surface area contributed by atoms with Crippen LogP contribution in [0.4, 0.5) is 5.69 Å². The van der Waals surface area contributed by atoms with Crippen LogP contribution in [0.1, 0.15) is 5.56 Å². The summed E-state index contributed by atoms with van der Waals surface area (Å²) in [6, 6.07) is 12.5. The van der Waals surface area contributed by atoms with Gasteiger partial charge in [0, 0.05) is 25.8 Å². The van der Waals surface area contributed by atoms with Gasteiger partial charge in [0.2, 0.25) is 0 Å². The van der Waals surface area contributed by atoms with Crippen molar-refractivity contribution in [3.05, 3.63) is 62.5 Å². The Balaban J connectivity index is 1.84. The fourth-order valence-electron chi connectivity index (χ4n) is 1.60. The fraction of sp³-hybridized carbons (Fsp3) is 0.0667. The summed E-state index contributed by atoms with van der Waals surface area (Å²) in [4.78, 5) is 11.7. The third kappa shape index (κ3) is 5.02. The highest BCUT2D eigenvalue weighted by molar-refractivity contribution is 9.10. The third-order valence-electron chi connectivity index (χ3n) is 2.67. The van der Waals surface area contributed by atoms with Crippen LogP contribution < -0.4 is 10.7 Å². The van der Waals surface area contributed by atoms with Crippen LogP contribution in [0.5, 0.6) is 0 Å². The minimum absolute atomic E-state index is 0.0834. The highest BCUT2D eigenvalue weighted by Crippen LogP contribution is 2.25. The van der Waals surface area contributed by atoms with Gasteiger partial charge in [0.05, 0.1) is 12.8 Å². The second-order valence-corrected chi connectivity index (χ2v) is 5.99. The molecule has 4 nitrogen and oxygen atoms in total. The van der Waals surface area contributed by atoms with Gasteiger partial charge in [0.15, 0.2) is 0 Å². The van der Waals surface area contributed by atoms with E-state index in [0.29, 0.717) is 10.0 Å². The number of hydrogen-bond acceptors (Lipinski definition) is 3. The normalized spacial score (nSPS) is 10.7. The van der Waals surface area contributed by atoms with Gasteiger partial charge >= 0.3 is 0 Å². The van der Waals surface area contributed by atoms with Gasteiger partial charge < -0.3 is 5.32 Å². The molecule has 2 rings (SSSR count). The molecule has 0 bridgehead atoms. The molecular formula is C15H12BrCl2N3O. The summed E-state index contributed by atoms with van der Waals surface area (Å²) in [5.74, 6) is -0.273. The number of hydrazone groups is 1. The van der Waals surface area contributed by atoms with Crippen molar-refractivity contribution >= 4 is 56.9 Å². The van der Waals surface area contributed by atoms with Gasteiger partial charge in [-0.05, 0) is 40.2 Å². The van der Waals surface area contributed by atoms with E-state index in [0.717, 1.165) is 15.7 Å². The van der Waals surface area contributed by atoms with Crippen molar-refractivity contribution in [2.75, 3.05) is 11.9 Å². The van der Waals surface area contributed by atoms with E-state index in [4.69, 9.17) is 23.2 Å². The molecule has 114 valence electrons. The number of nitrogens with zero attached hydrogens (tertiary/aromatic N) is 1. The molecule has 0 radical (unpaired) electrons. The molecule has 0 atom stereocenters. The van der Waals surface area contributed by atoms with Crippen molar-refractivity contribution in [3.63, 3.8) is 0 Å². The Morgan fingerprint density at radius 3 is 2.73 bits per heavy atom. The number of nitrogens with one attached hydrogen (secondary N) is 2. The molecule has 0 saturated carbocycles. The second kappa shape index (κ2) is 8.17. The molecule has 0 saturated heterocycles. The van der Waals surface area contributed by atoms with Crippen LogP contribution in [0.2, 0.25) is 10.0 Å². The first-order valence-electron chi connectivity index (χ1n) is 6.31. The largest absolute Gasteiger partial charge is 0.375 e. The number of halogens is 3. The molecule has 7 heteroatoms. The summed E-state index contributed by atoms with van der Waals surface area (Å²) in [6.45, 7) is 0.0834.